The Balaban J connectivity index is 1.97. The first-order valence-electron chi connectivity index (χ1n) is 5.72. The lowest BCUT2D eigenvalue weighted by molar-refractivity contribution is -0.964. The molecule has 0 bridgehead atoms. The van der Waals surface area contributed by atoms with Gasteiger partial charge in [0, 0.05) is 11.8 Å². The second-order valence-electron chi connectivity index (χ2n) is 5.06. The number of quaternary nitrogens is 1. The highest BCUT2D eigenvalue weighted by atomic mass is 16.3. The van der Waals surface area contributed by atoms with Gasteiger partial charge in [-0.3, -0.25) is 0 Å². The largest absolute Gasteiger partial charge is 0.382 e. The quantitative estimate of drug-likeness (QED) is 0.640. The van der Waals surface area contributed by atoms with Crippen LogP contribution < -0.4 is 0 Å². The van der Waals surface area contributed by atoms with Gasteiger partial charge in [0.1, 0.15) is 13.1 Å². The van der Waals surface area contributed by atoms with Gasteiger partial charge in [0.2, 0.25) is 0 Å². The highest BCUT2D eigenvalue weighted by Gasteiger charge is 2.51. The Hall–Kier alpha value is -0.0800. The highest BCUT2D eigenvalue weighted by Crippen LogP contribution is 2.38. The van der Waals surface area contributed by atoms with E-state index < -0.39 is 0 Å². The zero-order chi connectivity index (χ0) is 9.47. The Morgan fingerprint density at radius 1 is 1.00 bits per heavy atom. The maximum Gasteiger partial charge on any atom is 0.152 e. The molecule has 2 atom stereocenters. The summed E-state index contributed by atoms with van der Waals surface area (Å²) >= 11 is 0. The van der Waals surface area contributed by atoms with Crippen LogP contribution in [-0.4, -0.2) is 41.9 Å². The van der Waals surface area contributed by atoms with E-state index in [0.717, 1.165) is 24.9 Å². The number of aliphatic hydroxyl groups is 1. The Bertz CT molecular complexity index is 173. The summed E-state index contributed by atoms with van der Waals surface area (Å²) in [5.41, 5.74) is 0. The molecule has 2 heteroatoms. The fourth-order valence-electron chi connectivity index (χ4n) is 3.43. The van der Waals surface area contributed by atoms with E-state index in [1.807, 2.05) is 0 Å². The molecular formula is C11H22NO+. The molecule has 2 aliphatic heterocycles. The van der Waals surface area contributed by atoms with Crippen molar-refractivity contribution in [1.82, 2.24) is 0 Å². The van der Waals surface area contributed by atoms with Gasteiger partial charge in [0.25, 0.3) is 0 Å². The van der Waals surface area contributed by atoms with Gasteiger partial charge < -0.3 is 9.59 Å². The maximum absolute atomic E-state index is 9.38. The molecule has 2 saturated heterocycles. The number of aliphatic hydroxyl groups excluding tert-OH is 1. The van der Waals surface area contributed by atoms with Gasteiger partial charge in [-0.25, -0.2) is 0 Å². The SMILES string of the molecule is CCC1C[N+]2(CC(O)C2)CC1CC. The molecule has 0 aliphatic carbocycles. The van der Waals surface area contributed by atoms with Gasteiger partial charge >= 0.3 is 0 Å². The number of hydrogen-bond donors (Lipinski definition) is 1. The molecule has 0 aromatic carbocycles. The first-order valence-corrected chi connectivity index (χ1v) is 5.72. The number of hydrogen-bond acceptors (Lipinski definition) is 1. The van der Waals surface area contributed by atoms with E-state index >= 15 is 0 Å². The lowest BCUT2D eigenvalue weighted by atomic mass is 9.92. The molecule has 2 nitrogen and oxygen atoms in total. The van der Waals surface area contributed by atoms with Crippen LogP contribution in [0.1, 0.15) is 26.7 Å². The Kier molecular flexibility index (Phi) is 2.37. The summed E-state index contributed by atoms with van der Waals surface area (Å²) in [6.45, 7) is 9.37. The second kappa shape index (κ2) is 3.25. The molecule has 2 rings (SSSR count). The lowest BCUT2D eigenvalue weighted by Crippen LogP contribution is -2.65. The van der Waals surface area contributed by atoms with Crippen LogP contribution in [0.25, 0.3) is 0 Å². The van der Waals surface area contributed by atoms with E-state index in [-0.39, 0.29) is 6.10 Å². The van der Waals surface area contributed by atoms with E-state index in [9.17, 15) is 5.11 Å². The van der Waals surface area contributed by atoms with Crippen LogP contribution in [-0.2, 0) is 0 Å². The van der Waals surface area contributed by atoms with Gasteiger partial charge in [-0.1, -0.05) is 13.8 Å². The Morgan fingerprint density at radius 2 is 1.46 bits per heavy atom. The fraction of sp³-hybridized carbons (Fsp3) is 1.00. The summed E-state index contributed by atoms with van der Waals surface area (Å²) < 4.78 is 1.23. The van der Waals surface area contributed by atoms with Crippen molar-refractivity contribution in [1.29, 1.82) is 0 Å². The van der Waals surface area contributed by atoms with Gasteiger partial charge in [-0.05, 0) is 12.8 Å². The standard InChI is InChI=1S/C11H22NO/c1-3-9-5-12(6-10(9)4-2)7-11(13)8-12/h9-11,13H,3-8H2,1-2H3/q+1. The zero-order valence-electron chi connectivity index (χ0n) is 8.87. The number of nitrogens with zero attached hydrogens (tertiary/aromatic N) is 1. The molecule has 2 heterocycles. The zero-order valence-corrected chi connectivity index (χ0v) is 8.87. The minimum atomic E-state index is 0.00751. The average Bonchev–Trinajstić information content (AvgIpc) is 2.43. The van der Waals surface area contributed by atoms with Gasteiger partial charge in [-0.15, -0.1) is 0 Å². The molecule has 0 aromatic rings. The molecular weight excluding hydrogens is 162 g/mol. The third-order valence-corrected chi connectivity index (χ3v) is 4.16. The van der Waals surface area contributed by atoms with E-state index in [1.54, 1.807) is 0 Å². The fourth-order valence-corrected chi connectivity index (χ4v) is 3.43. The predicted octanol–water partition coefficient (Wildman–Crippen LogP) is 1.24. The van der Waals surface area contributed by atoms with Crippen LogP contribution in [0.2, 0.25) is 0 Å². The van der Waals surface area contributed by atoms with Crippen molar-refractivity contribution in [2.45, 2.75) is 32.8 Å². The van der Waals surface area contributed by atoms with Crippen LogP contribution in [0.3, 0.4) is 0 Å². The highest BCUT2D eigenvalue weighted by molar-refractivity contribution is 4.80. The van der Waals surface area contributed by atoms with Crippen molar-refractivity contribution in [3.63, 3.8) is 0 Å². The molecule has 2 fully saturated rings. The third kappa shape index (κ3) is 1.50. The average molecular weight is 184 g/mol. The normalized spacial score (nSPS) is 49.6. The summed E-state index contributed by atoms with van der Waals surface area (Å²) in [5, 5.41) is 9.38. The van der Waals surface area contributed by atoms with E-state index in [4.69, 9.17) is 0 Å². The molecule has 2 unspecified atom stereocenters. The van der Waals surface area contributed by atoms with Crippen molar-refractivity contribution in [2.24, 2.45) is 11.8 Å². The molecule has 0 saturated carbocycles. The van der Waals surface area contributed by atoms with E-state index in [2.05, 4.69) is 13.8 Å². The first-order chi connectivity index (χ1) is 6.19. The molecule has 0 amide bonds. The van der Waals surface area contributed by atoms with Crippen LogP contribution in [0.5, 0.6) is 0 Å². The smallest absolute Gasteiger partial charge is 0.152 e. The Morgan fingerprint density at radius 3 is 1.77 bits per heavy atom. The molecule has 1 N–H and O–H groups in total. The maximum atomic E-state index is 9.38. The van der Waals surface area contributed by atoms with Gasteiger partial charge in [0.05, 0.1) is 13.1 Å². The van der Waals surface area contributed by atoms with E-state index in [1.165, 1.54) is 30.4 Å². The summed E-state index contributed by atoms with van der Waals surface area (Å²) in [7, 11) is 0. The van der Waals surface area contributed by atoms with Crippen molar-refractivity contribution in [3.8, 4) is 0 Å². The summed E-state index contributed by atoms with van der Waals surface area (Å²) in [6.07, 6.45) is 2.66. The predicted molar refractivity (Wildman–Crippen MR) is 53.3 cm³/mol. The molecule has 76 valence electrons. The van der Waals surface area contributed by atoms with Crippen molar-refractivity contribution < 1.29 is 9.59 Å². The van der Waals surface area contributed by atoms with Crippen molar-refractivity contribution in [3.05, 3.63) is 0 Å². The van der Waals surface area contributed by atoms with Crippen LogP contribution >= 0.6 is 0 Å². The van der Waals surface area contributed by atoms with Gasteiger partial charge in [-0.2, -0.15) is 0 Å². The summed E-state index contributed by atoms with van der Waals surface area (Å²) in [5.74, 6) is 1.86. The second-order valence-corrected chi connectivity index (χ2v) is 5.06. The van der Waals surface area contributed by atoms with Crippen LogP contribution in [0.4, 0.5) is 0 Å². The van der Waals surface area contributed by atoms with E-state index in [0.29, 0.717) is 0 Å². The Labute approximate surface area is 81.1 Å². The van der Waals surface area contributed by atoms with Crippen LogP contribution in [0.15, 0.2) is 0 Å². The van der Waals surface area contributed by atoms with Crippen molar-refractivity contribution in [2.75, 3.05) is 26.2 Å². The lowest BCUT2D eigenvalue weighted by Gasteiger charge is -2.45. The third-order valence-electron chi connectivity index (χ3n) is 4.16. The van der Waals surface area contributed by atoms with Gasteiger partial charge in [0.15, 0.2) is 6.10 Å². The minimum Gasteiger partial charge on any atom is -0.382 e. The molecule has 1 spiro atoms. The van der Waals surface area contributed by atoms with Crippen molar-refractivity contribution >= 4 is 0 Å². The summed E-state index contributed by atoms with van der Waals surface area (Å²) in [4.78, 5) is 0. The topological polar surface area (TPSA) is 20.2 Å². The molecule has 2 aliphatic rings. The van der Waals surface area contributed by atoms with Crippen LogP contribution in [0, 0.1) is 11.8 Å². The summed E-state index contributed by atoms with van der Waals surface area (Å²) in [6, 6.07) is 0. The molecule has 0 radical (unpaired) electrons. The first kappa shape index (κ1) is 9.47. The molecule has 0 aromatic heterocycles. The molecule has 13 heavy (non-hydrogen) atoms. The monoisotopic (exact) mass is 184 g/mol. The number of rotatable bonds is 2. The minimum absolute atomic E-state index is 0.00751.